The molecule has 4 fully saturated rings. The summed E-state index contributed by atoms with van der Waals surface area (Å²) in [5.74, 6) is 0.307. The average molecular weight is 527 g/mol. The normalized spacial score (nSPS) is 36.8. The van der Waals surface area contributed by atoms with Crippen molar-refractivity contribution in [2.45, 2.75) is 86.5 Å². The maximum absolute atomic E-state index is 10.6. The second kappa shape index (κ2) is 9.94. The van der Waals surface area contributed by atoms with Crippen LogP contribution in [0.25, 0.3) is 0 Å². The molecule has 1 spiro atoms. The van der Waals surface area contributed by atoms with Crippen LogP contribution in [0.3, 0.4) is 0 Å². The molecule has 7 atom stereocenters. The highest BCUT2D eigenvalue weighted by Crippen LogP contribution is 2.60. The molecule has 4 aliphatic rings. The minimum atomic E-state index is -1.25. The van der Waals surface area contributed by atoms with Gasteiger partial charge in [0.2, 0.25) is 0 Å². The molecule has 0 amide bonds. The fourth-order valence-corrected chi connectivity index (χ4v) is 7.72. The molecule has 7 heteroatoms. The van der Waals surface area contributed by atoms with E-state index in [-0.39, 0.29) is 11.2 Å². The van der Waals surface area contributed by atoms with E-state index in [1.54, 1.807) is 0 Å². The number of hydrogen-bond acceptors (Lipinski definition) is 7. The van der Waals surface area contributed by atoms with Crippen molar-refractivity contribution in [1.29, 1.82) is 0 Å². The van der Waals surface area contributed by atoms with Crippen LogP contribution in [0, 0.1) is 12.8 Å². The first-order valence-corrected chi connectivity index (χ1v) is 14.8. The Hall–Kier alpha value is -1.45. The van der Waals surface area contributed by atoms with Crippen molar-refractivity contribution < 1.29 is 29.5 Å². The van der Waals surface area contributed by atoms with E-state index in [9.17, 15) is 15.3 Å². The Morgan fingerprint density at radius 3 is 2.32 bits per heavy atom. The topological polar surface area (TPSA) is 88.4 Å². The van der Waals surface area contributed by atoms with Gasteiger partial charge in [0.1, 0.15) is 29.9 Å². The third kappa shape index (κ3) is 4.46. The molecule has 37 heavy (non-hydrogen) atoms. The number of ether oxygens (including phenoxy) is 3. The van der Waals surface area contributed by atoms with Crippen LogP contribution >= 0.6 is 11.8 Å². The number of aliphatic hydroxyl groups is 3. The zero-order valence-electron chi connectivity index (χ0n) is 21.6. The molecule has 2 heterocycles. The summed E-state index contributed by atoms with van der Waals surface area (Å²) in [6.07, 6.45) is 3.99. The van der Waals surface area contributed by atoms with Crippen molar-refractivity contribution in [2.75, 3.05) is 19.5 Å². The molecular formula is C30H38O6S. The molecule has 2 saturated carbocycles. The van der Waals surface area contributed by atoms with E-state index in [1.807, 2.05) is 18.4 Å². The zero-order chi connectivity index (χ0) is 25.8. The lowest BCUT2D eigenvalue weighted by Crippen LogP contribution is -2.54. The zero-order valence-corrected chi connectivity index (χ0v) is 22.5. The van der Waals surface area contributed by atoms with E-state index < -0.39 is 29.9 Å². The van der Waals surface area contributed by atoms with Crippen LogP contribution in [0.1, 0.15) is 66.0 Å². The van der Waals surface area contributed by atoms with Crippen LogP contribution in [0.4, 0.5) is 0 Å². The van der Waals surface area contributed by atoms with Gasteiger partial charge in [0.05, 0.1) is 13.2 Å². The van der Waals surface area contributed by atoms with Crippen molar-refractivity contribution in [3.8, 4) is 0 Å². The highest BCUT2D eigenvalue weighted by Gasteiger charge is 2.57. The van der Waals surface area contributed by atoms with Gasteiger partial charge >= 0.3 is 0 Å². The standard InChI is InChI=1S/C30H38O6S/c1-18-3-6-20(27-25(32)24(31)26(33)28(36-27)37-2)16-21(18)15-19-4-7-22(8-5-19)29-10-9-23(29)17-30(12-11-29)34-13-14-35-30/h3-8,16,23-28,31-33H,9-15,17H2,1-2H3/t23-,24-,25-,26+,27?,28-,29+/m1/s1. The van der Waals surface area contributed by atoms with E-state index in [0.29, 0.717) is 5.92 Å². The Balaban J connectivity index is 1.18. The van der Waals surface area contributed by atoms with Gasteiger partial charge in [-0.3, -0.25) is 0 Å². The molecular weight excluding hydrogens is 488 g/mol. The molecule has 0 radical (unpaired) electrons. The molecule has 0 bridgehead atoms. The molecule has 1 unspecified atom stereocenters. The predicted octanol–water partition coefficient (Wildman–Crippen LogP) is 4.00. The number of aryl methyl sites for hydroxylation is 1. The number of thioether (sulfide) groups is 1. The van der Waals surface area contributed by atoms with Crippen LogP contribution in [0.2, 0.25) is 0 Å². The predicted molar refractivity (Wildman–Crippen MR) is 142 cm³/mol. The molecule has 2 aromatic carbocycles. The molecule has 6 nitrogen and oxygen atoms in total. The summed E-state index contributed by atoms with van der Waals surface area (Å²) in [7, 11) is 0. The Kier molecular flexibility index (Phi) is 6.93. The maximum atomic E-state index is 10.6. The van der Waals surface area contributed by atoms with Gasteiger partial charge < -0.3 is 29.5 Å². The second-order valence-electron chi connectivity index (χ2n) is 11.4. The van der Waals surface area contributed by atoms with E-state index in [4.69, 9.17) is 14.2 Å². The summed E-state index contributed by atoms with van der Waals surface area (Å²) in [6.45, 7) is 3.54. The van der Waals surface area contributed by atoms with Gasteiger partial charge in [-0.05, 0) is 78.0 Å². The molecule has 2 aliphatic heterocycles. The van der Waals surface area contributed by atoms with Gasteiger partial charge in [-0.25, -0.2) is 0 Å². The molecule has 6 rings (SSSR count). The second-order valence-corrected chi connectivity index (χ2v) is 12.3. The largest absolute Gasteiger partial charge is 0.387 e. The first kappa shape index (κ1) is 25.8. The van der Waals surface area contributed by atoms with Crippen LogP contribution in [-0.2, 0) is 26.0 Å². The van der Waals surface area contributed by atoms with Gasteiger partial charge in [-0.1, -0.05) is 42.5 Å². The molecule has 2 aromatic rings. The third-order valence-electron chi connectivity index (χ3n) is 9.47. The number of rotatable bonds is 5. The van der Waals surface area contributed by atoms with Gasteiger partial charge in [0.15, 0.2) is 5.79 Å². The molecule has 0 aromatic heterocycles. The van der Waals surface area contributed by atoms with Crippen LogP contribution in [0.5, 0.6) is 0 Å². The summed E-state index contributed by atoms with van der Waals surface area (Å²) in [5, 5.41) is 31.2. The van der Waals surface area contributed by atoms with E-state index in [0.717, 1.165) is 50.0 Å². The number of fused-ring (bicyclic) bond motifs is 1. The molecule has 3 N–H and O–H groups in total. The van der Waals surface area contributed by atoms with Crippen LogP contribution in [-0.4, -0.2) is 64.3 Å². The number of aliphatic hydroxyl groups excluding tert-OH is 3. The van der Waals surface area contributed by atoms with E-state index >= 15 is 0 Å². The Morgan fingerprint density at radius 2 is 1.68 bits per heavy atom. The minimum Gasteiger partial charge on any atom is -0.387 e. The third-order valence-corrected chi connectivity index (χ3v) is 10.3. The summed E-state index contributed by atoms with van der Waals surface area (Å²) in [5.41, 5.74) is 5.52. The Labute approximate surface area is 223 Å². The van der Waals surface area contributed by atoms with Gasteiger partial charge in [-0.2, -0.15) is 0 Å². The van der Waals surface area contributed by atoms with E-state index in [2.05, 4.69) is 37.3 Å². The molecule has 2 aliphatic carbocycles. The van der Waals surface area contributed by atoms with Gasteiger partial charge in [0.25, 0.3) is 0 Å². The Morgan fingerprint density at radius 1 is 0.919 bits per heavy atom. The summed E-state index contributed by atoms with van der Waals surface area (Å²) in [6, 6.07) is 15.2. The summed E-state index contributed by atoms with van der Waals surface area (Å²) >= 11 is 1.33. The minimum absolute atomic E-state index is 0.266. The summed E-state index contributed by atoms with van der Waals surface area (Å²) in [4.78, 5) is 0. The van der Waals surface area contributed by atoms with Crippen LogP contribution < -0.4 is 0 Å². The van der Waals surface area contributed by atoms with Crippen molar-refractivity contribution in [3.05, 3.63) is 70.3 Å². The Bertz CT molecular complexity index is 1110. The fraction of sp³-hybridized carbons (Fsp3) is 0.600. The SMILES string of the molecule is CS[C@H]1OC(c2ccc(C)c(Cc3ccc([C@@]45CC[C@@H]4CC4(CC5)OCCO4)cc3)c2)[C@H](O)[C@@H](O)[C@@H]1O. The lowest BCUT2D eigenvalue weighted by Gasteiger charge is -2.57. The quantitative estimate of drug-likeness (QED) is 0.543. The van der Waals surface area contributed by atoms with Gasteiger partial charge in [-0.15, -0.1) is 11.8 Å². The van der Waals surface area contributed by atoms with Crippen molar-refractivity contribution >= 4 is 11.8 Å². The molecule has 2 saturated heterocycles. The maximum Gasteiger partial charge on any atom is 0.168 e. The first-order valence-electron chi connectivity index (χ1n) is 13.5. The average Bonchev–Trinajstić information content (AvgIpc) is 3.36. The summed E-state index contributed by atoms with van der Waals surface area (Å²) < 4.78 is 18.0. The van der Waals surface area contributed by atoms with Gasteiger partial charge in [0, 0.05) is 12.8 Å². The lowest BCUT2D eigenvalue weighted by molar-refractivity contribution is -0.211. The van der Waals surface area contributed by atoms with Crippen LogP contribution in [0.15, 0.2) is 42.5 Å². The smallest absolute Gasteiger partial charge is 0.168 e. The fourth-order valence-electron chi connectivity index (χ4n) is 7.05. The lowest BCUT2D eigenvalue weighted by atomic mass is 9.50. The monoisotopic (exact) mass is 526 g/mol. The van der Waals surface area contributed by atoms with Crippen molar-refractivity contribution in [3.63, 3.8) is 0 Å². The number of hydrogen-bond donors (Lipinski definition) is 3. The van der Waals surface area contributed by atoms with E-state index in [1.165, 1.54) is 41.3 Å². The number of benzene rings is 2. The highest BCUT2D eigenvalue weighted by molar-refractivity contribution is 7.99. The first-order chi connectivity index (χ1) is 17.8. The molecule has 200 valence electrons. The van der Waals surface area contributed by atoms with Crippen molar-refractivity contribution in [1.82, 2.24) is 0 Å². The highest BCUT2D eigenvalue weighted by atomic mass is 32.2. The van der Waals surface area contributed by atoms with Crippen molar-refractivity contribution in [2.24, 2.45) is 5.92 Å².